The van der Waals surface area contributed by atoms with E-state index in [4.69, 9.17) is 8.75 Å². The predicted molar refractivity (Wildman–Crippen MR) is 170 cm³/mol. The zero-order chi connectivity index (χ0) is 25.8. The quantitative estimate of drug-likeness (QED) is 0.217. The van der Waals surface area contributed by atoms with Crippen molar-refractivity contribution in [2.45, 2.75) is 0 Å². The van der Waals surface area contributed by atoms with Gasteiger partial charge in [0, 0.05) is 30.6 Å². The van der Waals surface area contributed by atoms with Gasteiger partial charge in [0.25, 0.3) is 0 Å². The monoisotopic (exact) mass is 552 g/mol. The van der Waals surface area contributed by atoms with Gasteiger partial charge in [-0.1, -0.05) is 84.9 Å². The lowest BCUT2D eigenvalue weighted by molar-refractivity contribution is 1.63. The van der Waals surface area contributed by atoms with E-state index in [0.717, 1.165) is 22.2 Å². The maximum atomic E-state index is 4.75. The van der Waals surface area contributed by atoms with Crippen LogP contribution in [0.3, 0.4) is 0 Å². The average Bonchev–Trinajstić information content (AvgIpc) is 3.77. The highest BCUT2D eigenvalue weighted by Crippen LogP contribution is 2.43. The van der Waals surface area contributed by atoms with Gasteiger partial charge in [-0.2, -0.15) is 8.75 Å². The second-order valence-corrected chi connectivity index (χ2v) is 12.3. The maximum absolute atomic E-state index is 4.75. The molecule has 0 aliphatic carbocycles. The fraction of sp³-hybridized carbons (Fsp3) is 0. The average molecular weight is 553 g/mol. The minimum atomic E-state index is 0.977. The third-order valence-corrected chi connectivity index (χ3v) is 10.1. The largest absolute Gasteiger partial charge is 0.172 e. The second kappa shape index (κ2) is 9.24. The van der Waals surface area contributed by atoms with Gasteiger partial charge in [0.2, 0.25) is 0 Å². The standard InChI is InChI=1S/C34H20N2S3/c1-3-7-23-19-25(11-9-21(23)5-1)29-15-17-31(37-29)27-13-14-28(34-33(27)35-39-36-34)32-18-16-30(38-32)26-12-10-22-6-2-4-8-24(22)20-26/h1-20H. The Bertz CT molecular complexity index is 2000. The van der Waals surface area contributed by atoms with Gasteiger partial charge in [0.1, 0.15) is 11.0 Å². The van der Waals surface area contributed by atoms with E-state index < -0.39 is 0 Å². The molecule has 0 radical (unpaired) electrons. The van der Waals surface area contributed by atoms with Gasteiger partial charge in [-0.25, -0.2) is 0 Å². The topological polar surface area (TPSA) is 25.8 Å². The van der Waals surface area contributed by atoms with Crippen molar-refractivity contribution in [2.24, 2.45) is 0 Å². The number of thiophene rings is 2. The van der Waals surface area contributed by atoms with E-state index in [1.54, 1.807) is 0 Å². The van der Waals surface area contributed by atoms with Gasteiger partial charge >= 0.3 is 0 Å². The van der Waals surface area contributed by atoms with Crippen LogP contribution in [0.15, 0.2) is 121 Å². The Morgan fingerprint density at radius 1 is 0.385 bits per heavy atom. The van der Waals surface area contributed by atoms with Crippen molar-refractivity contribution in [3.05, 3.63) is 121 Å². The molecular formula is C34H20N2S3. The lowest BCUT2D eigenvalue weighted by Crippen LogP contribution is -1.81. The van der Waals surface area contributed by atoms with Gasteiger partial charge < -0.3 is 0 Å². The summed E-state index contributed by atoms with van der Waals surface area (Å²) >= 11 is 4.91. The highest BCUT2D eigenvalue weighted by atomic mass is 32.1. The van der Waals surface area contributed by atoms with Gasteiger partial charge in [-0.05, 0) is 69.1 Å². The first kappa shape index (κ1) is 22.8. The molecule has 8 aromatic rings. The molecule has 3 aromatic heterocycles. The van der Waals surface area contributed by atoms with Crippen molar-refractivity contribution in [1.82, 2.24) is 8.75 Å². The first-order valence-corrected chi connectivity index (χ1v) is 15.1. The molecular weight excluding hydrogens is 533 g/mol. The Morgan fingerprint density at radius 3 is 1.31 bits per heavy atom. The fourth-order valence-electron chi connectivity index (χ4n) is 5.22. The van der Waals surface area contributed by atoms with Gasteiger partial charge in [0.15, 0.2) is 0 Å². The second-order valence-electron chi connectivity index (χ2n) is 9.57. The number of hydrogen-bond donors (Lipinski definition) is 0. The summed E-state index contributed by atoms with van der Waals surface area (Å²) in [5.41, 5.74) is 6.73. The fourth-order valence-corrected chi connectivity index (χ4v) is 7.86. The lowest BCUT2D eigenvalue weighted by Gasteiger charge is -2.04. The molecule has 0 spiro atoms. The van der Waals surface area contributed by atoms with E-state index in [1.807, 2.05) is 22.7 Å². The zero-order valence-corrected chi connectivity index (χ0v) is 23.1. The highest BCUT2D eigenvalue weighted by molar-refractivity contribution is 7.19. The van der Waals surface area contributed by atoms with Crippen LogP contribution in [0.4, 0.5) is 0 Å². The van der Waals surface area contributed by atoms with Crippen LogP contribution >= 0.6 is 34.4 Å². The summed E-state index contributed by atoms with van der Waals surface area (Å²) in [6.07, 6.45) is 0. The Hall–Kier alpha value is -4.16. The van der Waals surface area contributed by atoms with Crippen LogP contribution in [0.1, 0.15) is 0 Å². The maximum Gasteiger partial charge on any atom is 0.114 e. The lowest BCUT2D eigenvalue weighted by atomic mass is 10.0. The van der Waals surface area contributed by atoms with Crippen molar-refractivity contribution < 1.29 is 0 Å². The van der Waals surface area contributed by atoms with E-state index >= 15 is 0 Å². The Balaban J connectivity index is 1.16. The molecule has 0 bridgehead atoms. The minimum absolute atomic E-state index is 0.977. The number of benzene rings is 5. The van der Waals surface area contributed by atoms with Crippen LogP contribution < -0.4 is 0 Å². The molecule has 3 heterocycles. The molecule has 0 atom stereocenters. The third kappa shape index (κ3) is 3.98. The molecule has 8 rings (SSSR count). The first-order chi connectivity index (χ1) is 19.3. The molecule has 0 unspecified atom stereocenters. The van der Waals surface area contributed by atoms with E-state index in [2.05, 4.69) is 121 Å². The molecule has 0 amide bonds. The highest BCUT2D eigenvalue weighted by Gasteiger charge is 2.17. The SMILES string of the molecule is c1ccc2cc(-c3ccc(-c4ccc(-c5ccc(-c6ccc7ccccc7c6)s5)c5nsnc45)s3)ccc2c1. The number of rotatable bonds is 4. The number of aromatic nitrogens is 2. The molecule has 2 nitrogen and oxygen atoms in total. The van der Waals surface area contributed by atoms with Gasteiger partial charge in [-0.3, -0.25) is 0 Å². The van der Waals surface area contributed by atoms with E-state index in [0.29, 0.717) is 0 Å². The molecule has 39 heavy (non-hydrogen) atoms. The molecule has 5 heteroatoms. The molecule has 0 fully saturated rings. The first-order valence-electron chi connectivity index (χ1n) is 12.7. The van der Waals surface area contributed by atoms with Crippen LogP contribution in [-0.4, -0.2) is 8.75 Å². The van der Waals surface area contributed by atoms with E-state index in [9.17, 15) is 0 Å². The van der Waals surface area contributed by atoms with E-state index in [1.165, 1.54) is 63.9 Å². The molecule has 0 N–H and O–H groups in total. The number of fused-ring (bicyclic) bond motifs is 3. The van der Waals surface area contributed by atoms with Crippen molar-refractivity contribution in [1.29, 1.82) is 0 Å². The van der Waals surface area contributed by atoms with Crippen LogP contribution in [0.25, 0.3) is 74.3 Å². The van der Waals surface area contributed by atoms with Crippen molar-refractivity contribution in [2.75, 3.05) is 0 Å². The smallest absolute Gasteiger partial charge is 0.114 e. The minimum Gasteiger partial charge on any atom is -0.172 e. The number of nitrogens with zero attached hydrogens (tertiary/aromatic N) is 2. The van der Waals surface area contributed by atoms with Crippen molar-refractivity contribution >= 4 is 67.0 Å². The number of hydrogen-bond acceptors (Lipinski definition) is 5. The van der Waals surface area contributed by atoms with Crippen molar-refractivity contribution in [3.8, 4) is 41.8 Å². The van der Waals surface area contributed by atoms with Crippen LogP contribution in [-0.2, 0) is 0 Å². The summed E-state index contributed by atoms with van der Waals surface area (Å²) in [5, 5.41) is 5.06. The summed E-state index contributed by atoms with van der Waals surface area (Å²) < 4.78 is 9.49. The molecule has 184 valence electrons. The Labute approximate surface area is 237 Å². The van der Waals surface area contributed by atoms with E-state index in [-0.39, 0.29) is 0 Å². The third-order valence-electron chi connectivity index (χ3n) is 7.23. The molecule has 0 saturated heterocycles. The molecule has 5 aromatic carbocycles. The summed E-state index contributed by atoms with van der Waals surface area (Å²) in [6.45, 7) is 0. The van der Waals surface area contributed by atoms with Gasteiger partial charge in [-0.15, -0.1) is 22.7 Å². The molecule has 0 saturated carbocycles. The van der Waals surface area contributed by atoms with Gasteiger partial charge in [0.05, 0.1) is 11.7 Å². The van der Waals surface area contributed by atoms with Crippen LogP contribution in [0.5, 0.6) is 0 Å². The van der Waals surface area contributed by atoms with Crippen LogP contribution in [0.2, 0.25) is 0 Å². The molecule has 0 aliphatic heterocycles. The summed E-state index contributed by atoms with van der Waals surface area (Å²) in [7, 11) is 0. The van der Waals surface area contributed by atoms with Crippen molar-refractivity contribution in [3.63, 3.8) is 0 Å². The van der Waals surface area contributed by atoms with Crippen LogP contribution in [0, 0.1) is 0 Å². The summed E-state index contributed by atoms with van der Waals surface area (Å²) in [5.74, 6) is 0. The predicted octanol–water partition coefficient (Wildman–Crippen LogP) is 10.8. The summed E-state index contributed by atoms with van der Waals surface area (Å²) in [4.78, 5) is 4.94. The normalized spacial score (nSPS) is 11.6. The Kier molecular flexibility index (Phi) is 5.40. The zero-order valence-electron chi connectivity index (χ0n) is 20.7. The summed E-state index contributed by atoms with van der Waals surface area (Å²) in [6, 6.07) is 43.7. The Morgan fingerprint density at radius 2 is 0.821 bits per heavy atom. The molecule has 0 aliphatic rings.